The second-order valence-electron chi connectivity index (χ2n) is 4.66. The summed E-state index contributed by atoms with van der Waals surface area (Å²) < 4.78 is 19.8. The molecule has 1 aromatic carbocycles. The number of halogens is 1. The fourth-order valence-corrected chi connectivity index (χ4v) is 1.85. The minimum Gasteiger partial charge on any atom is -0.491 e. The lowest BCUT2D eigenvalue weighted by Gasteiger charge is -2.13. The molecule has 0 bridgehead atoms. The monoisotopic (exact) mass is 303 g/mol. The van der Waals surface area contributed by atoms with Gasteiger partial charge in [-0.3, -0.25) is 0 Å². The van der Waals surface area contributed by atoms with Crippen LogP contribution in [0.2, 0.25) is 0 Å². The van der Waals surface area contributed by atoms with Crippen molar-refractivity contribution in [2.45, 2.75) is 6.10 Å². The molecule has 0 aliphatic heterocycles. The average Bonchev–Trinajstić information content (AvgIpc) is 2.98. The highest BCUT2D eigenvalue weighted by atomic mass is 19.1. The zero-order valence-electron chi connectivity index (χ0n) is 11.6. The van der Waals surface area contributed by atoms with Crippen LogP contribution in [-0.2, 0) is 0 Å². The number of rotatable bonds is 6. The molecule has 8 heteroatoms. The number of aliphatic hydroxyl groups excluding tert-OH is 1. The van der Waals surface area contributed by atoms with E-state index in [9.17, 15) is 9.50 Å². The number of ether oxygens (including phenoxy) is 1. The molecule has 7 nitrogen and oxygen atoms in total. The summed E-state index contributed by atoms with van der Waals surface area (Å²) in [6.07, 6.45) is 0.728. The van der Waals surface area contributed by atoms with Crippen molar-refractivity contribution in [2.24, 2.45) is 0 Å². The molecule has 0 saturated heterocycles. The molecule has 114 valence electrons. The number of hydrogen-bond acceptors (Lipinski definition) is 6. The second-order valence-corrected chi connectivity index (χ2v) is 4.66. The molecule has 22 heavy (non-hydrogen) atoms. The predicted octanol–water partition coefficient (Wildman–Crippen LogP) is 1.12. The topological polar surface area (TPSA) is 84.6 Å². The molecule has 2 heterocycles. The number of nitrogens with one attached hydrogen (secondary N) is 1. The van der Waals surface area contributed by atoms with Gasteiger partial charge in [-0.25, -0.2) is 4.39 Å². The Labute approximate surface area is 125 Å². The van der Waals surface area contributed by atoms with E-state index in [0.717, 1.165) is 0 Å². The van der Waals surface area contributed by atoms with Gasteiger partial charge in [0.15, 0.2) is 5.65 Å². The van der Waals surface area contributed by atoms with Crippen LogP contribution in [0.3, 0.4) is 0 Å². The van der Waals surface area contributed by atoms with Gasteiger partial charge in [-0.15, -0.1) is 15.3 Å². The van der Waals surface area contributed by atoms with Crippen molar-refractivity contribution in [3.8, 4) is 5.75 Å². The Balaban J connectivity index is 1.50. The third-order valence-corrected chi connectivity index (χ3v) is 2.92. The van der Waals surface area contributed by atoms with Crippen LogP contribution in [0.5, 0.6) is 5.75 Å². The zero-order valence-corrected chi connectivity index (χ0v) is 11.6. The zero-order chi connectivity index (χ0) is 15.4. The molecule has 0 aliphatic carbocycles. The standard InChI is InChI=1S/C14H14FN5O2/c15-10-2-1-3-12(6-10)22-8-11(21)7-16-13-4-5-14-18-17-9-20(14)19-13/h1-6,9,11,21H,7-8H2,(H,16,19). The van der Waals surface area contributed by atoms with E-state index in [1.807, 2.05) is 0 Å². The summed E-state index contributed by atoms with van der Waals surface area (Å²) in [6, 6.07) is 9.28. The lowest BCUT2D eigenvalue weighted by atomic mass is 10.3. The van der Waals surface area contributed by atoms with Crippen molar-refractivity contribution < 1.29 is 14.2 Å². The van der Waals surface area contributed by atoms with E-state index in [2.05, 4.69) is 20.6 Å². The van der Waals surface area contributed by atoms with Crippen LogP contribution < -0.4 is 10.1 Å². The van der Waals surface area contributed by atoms with Gasteiger partial charge in [0.25, 0.3) is 0 Å². The van der Waals surface area contributed by atoms with Crippen molar-refractivity contribution in [1.82, 2.24) is 19.8 Å². The average molecular weight is 303 g/mol. The lowest BCUT2D eigenvalue weighted by molar-refractivity contribution is 0.117. The Hall–Kier alpha value is -2.74. The van der Waals surface area contributed by atoms with Gasteiger partial charge in [0.2, 0.25) is 0 Å². The first-order valence-electron chi connectivity index (χ1n) is 6.68. The molecule has 1 unspecified atom stereocenters. The molecule has 0 fully saturated rings. The molecular weight excluding hydrogens is 289 g/mol. The van der Waals surface area contributed by atoms with Crippen molar-refractivity contribution in [3.05, 3.63) is 48.5 Å². The Bertz CT molecular complexity index is 764. The van der Waals surface area contributed by atoms with Crippen LogP contribution >= 0.6 is 0 Å². The van der Waals surface area contributed by atoms with Gasteiger partial charge in [-0.2, -0.15) is 4.52 Å². The summed E-state index contributed by atoms with van der Waals surface area (Å²) in [5, 5.41) is 24.7. The number of aliphatic hydroxyl groups is 1. The highest BCUT2D eigenvalue weighted by Crippen LogP contribution is 2.12. The molecule has 0 radical (unpaired) electrons. The smallest absolute Gasteiger partial charge is 0.177 e. The van der Waals surface area contributed by atoms with Gasteiger partial charge < -0.3 is 15.2 Å². The largest absolute Gasteiger partial charge is 0.491 e. The molecule has 0 aliphatic rings. The van der Waals surface area contributed by atoms with Crippen LogP contribution in [0, 0.1) is 5.82 Å². The third-order valence-electron chi connectivity index (χ3n) is 2.92. The molecule has 3 aromatic rings. The quantitative estimate of drug-likeness (QED) is 0.710. The second kappa shape index (κ2) is 6.35. The molecule has 1 atom stereocenters. The molecular formula is C14H14FN5O2. The molecule has 0 amide bonds. The van der Waals surface area contributed by atoms with E-state index < -0.39 is 6.10 Å². The number of fused-ring (bicyclic) bond motifs is 1. The van der Waals surface area contributed by atoms with Crippen molar-refractivity contribution in [3.63, 3.8) is 0 Å². The van der Waals surface area contributed by atoms with Gasteiger partial charge >= 0.3 is 0 Å². The van der Waals surface area contributed by atoms with Crippen LogP contribution in [0.4, 0.5) is 10.2 Å². The Morgan fingerprint density at radius 3 is 3.09 bits per heavy atom. The Kier molecular flexibility index (Phi) is 4.10. The van der Waals surface area contributed by atoms with Gasteiger partial charge in [-0.05, 0) is 24.3 Å². The van der Waals surface area contributed by atoms with Crippen LogP contribution in [-0.4, -0.2) is 44.2 Å². The highest BCUT2D eigenvalue weighted by molar-refractivity contribution is 5.42. The van der Waals surface area contributed by atoms with Crippen molar-refractivity contribution in [2.75, 3.05) is 18.5 Å². The summed E-state index contributed by atoms with van der Waals surface area (Å²) in [4.78, 5) is 0. The van der Waals surface area contributed by atoms with E-state index in [4.69, 9.17) is 4.74 Å². The van der Waals surface area contributed by atoms with Crippen LogP contribution in [0.25, 0.3) is 5.65 Å². The normalized spacial score (nSPS) is 12.3. The fourth-order valence-electron chi connectivity index (χ4n) is 1.85. The van der Waals surface area contributed by atoms with Crippen molar-refractivity contribution in [1.29, 1.82) is 0 Å². The van der Waals surface area contributed by atoms with Crippen LogP contribution in [0.15, 0.2) is 42.7 Å². The first-order valence-corrected chi connectivity index (χ1v) is 6.68. The minimum absolute atomic E-state index is 0.0470. The number of benzene rings is 1. The number of anilines is 1. The maximum absolute atomic E-state index is 13.0. The third kappa shape index (κ3) is 3.47. The Morgan fingerprint density at radius 2 is 2.23 bits per heavy atom. The number of hydrogen-bond donors (Lipinski definition) is 2. The van der Waals surface area contributed by atoms with Gasteiger partial charge in [0.1, 0.15) is 36.4 Å². The molecule has 2 aromatic heterocycles. The fraction of sp³-hybridized carbons (Fsp3) is 0.214. The van der Waals surface area contributed by atoms with Gasteiger partial charge in [0, 0.05) is 12.6 Å². The first kappa shape index (κ1) is 14.2. The molecule has 3 rings (SSSR count). The van der Waals surface area contributed by atoms with E-state index >= 15 is 0 Å². The van der Waals surface area contributed by atoms with E-state index in [1.54, 1.807) is 24.3 Å². The van der Waals surface area contributed by atoms with Crippen LogP contribution in [0.1, 0.15) is 0 Å². The maximum Gasteiger partial charge on any atom is 0.177 e. The summed E-state index contributed by atoms with van der Waals surface area (Å²) in [5.41, 5.74) is 0.639. The first-order chi connectivity index (χ1) is 10.7. The molecule has 2 N–H and O–H groups in total. The predicted molar refractivity (Wildman–Crippen MR) is 77.2 cm³/mol. The number of aromatic nitrogens is 4. The van der Waals surface area contributed by atoms with E-state index in [1.165, 1.54) is 23.0 Å². The van der Waals surface area contributed by atoms with Crippen molar-refractivity contribution >= 4 is 11.5 Å². The molecule has 0 saturated carbocycles. The summed E-state index contributed by atoms with van der Waals surface area (Å²) in [7, 11) is 0. The minimum atomic E-state index is -0.762. The maximum atomic E-state index is 13.0. The SMILES string of the molecule is OC(CNc1ccc2nncn2n1)COc1cccc(F)c1. The summed E-state index contributed by atoms with van der Waals surface area (Å²) in [5.74, 6) is 0.580. The highest BCUT2D eigenvalue weighted by Gasteiger charge is 2.07. The van der Waals surface area contributed by atoms with Gasteiger partial charge in [0.05, 0.1) is 0 Å². The number of nitrogens with zero attached hydrogens (tertiary/aromatic N) is 4. The molecule has 0 spiro atoms. The Morgan fingerprint density at radius 1 is 1.32 bits per heavy atom. The summed E-state index contributed by atoms with van der Waals surface area (Å²) >= 11 is 0. The van der Waals surface area contributed by atoms with Gasteiger partial charge in [-0.1, -0.05) is 6.07 Å². The lowest BCUT2D eigenvalue weighted by Crippen LogP contribution is -2.26. The van der Waals surface area contributed by atoms with E-state index in [-0.39, 0.29) is 19.0 Å². The van der Waals surface area contributed by atoms with E-state index in [0.29, 0.717) is 17.2 Å². The summed E-state index contributed by atoms with van der Waals surface area (Å²) in [6.45, 7) is 0.293.